The molecule has 0 fully saturated rings. The van der Waals surface area contributed by atoms with Crippen molar-refractivity contribution in [2.75, 3.05) is 5.75 Å². The van der Waals surface area contributed by atoms with Crippen LogP contribution in [0, 0.1) is 5.41 Å². The van der Waals surface area contributed by atoms with E-state index in [0.717, 1.165) is 17.3 Å². The SMILES string of the molecule is Cn1nnnc1SCCCC(C)(C)C(=O)O. The molecule has 1 aromatic rings. The van der Waals surface area contributed by atoms with Crippen molar-refractivity contribution in [2.24, 2.45) is 12.5 Å². The Morgan fingerprint density at radius 1 is 1.56 bits per heavy atom. The van der Waals surface area contributed by atoms with E-state index in [-0.39, 0.29) is 0 Å². The molecule has 0 bridgehead atoms. The van der Waals surface area contributed by atoms with Crippen molar-refractivity contribution in [3.05, 3.63) is 0 Å². The number of nitrogens with zero attached hydrogens (tertiary/aromatic N) is 4. The van der Waals surface area contributed by atoms with Crippen LogP contribution in [0.1, 0.15) is 26.7 Å². The Labute approximate surface area is 98.4 Å². The minimum Gasteiger partial charge on any atom is -0.481 e. The highest BCUT2D eigenvalue weighted by molar-refractivity contribution is 7.99. The number of hydrogen-bond acceptors (Lipinski definition) is 5. The van der Waals surface area contributed by atoms with Crippen LogP contribution >= 0.6 is 11.8 Å². The van der Waals surface area contributed by atoms with Gasteiger partial charge in [-0.25, -0.2) is 4.68 Å². The summed E-state index contributed by atoms with van der Waals surface area (Å²) in [6, 6.07) is 0. The number of hydrogen-bond donors (Lipinski definition) is 1. The van der Waals surface area contributed by atoms with Crippen molar-refractivity contribution >= 4 is 17.7 Å². The number of carbonyl (C=O) groups is 1. The molecule has 0 aliphatic heterocycles. The molecule has 0 radical (unpaired) electrons. The van der Waals surface area contributed by atoms with Crippen LogP contribution in [-0.4, -0.2) is 37.0 Å². The normalized spacial score (nSPS) is 11.7. The number of tetrazole rings is 1. The van der Waals surface area contributed by atoms with Gasteiger partial charge in [-0.05, 0) is 37.1 Å². The molecule has 16 heavy (non-hydrogen) atoms. The minimum atomic E-state index is -0.752. The van der Waals surface area contributed by atoms with E-state index in [1.54, 1.807) is 37.3 Å². The largest absolute Gasteiger partial charge is 0.481 e. The zero-order valence-corrected chi connectivity index (χ0v) is 10.5. The smallest absolute Gasteiger partial charge is 0.309 e. The molecule has 0 amide bonds. The van der Waals surface area contributed by atoms with E-state index in [0.29, 0.717) is 6.42 Å². The van der Waals surface area contributed by atoms with Crippen LogP contribution in [0.3, 0.4) is 0 Å². The van der Waals surface area contributed by atoms with Gasteiger partial charge in [-0.2, -0.15) is 0 Å². The van der Waals surface area contributed by atoms with Gasteiger partial charge >= 0.3 is 5.97 Å². The third-order valence-electron chi connectivity index (χ3n) is 2.34. The molecular weight excluding hydrogens is 228 g/mol. The van der Waals surface area contributed by atoms with Gasteiger partial charge in [0.2, 0.25) is 5.16 Å². The fourth-order valence-corrected chi connectivity index (χ4v) is 1.92. The molecule has 1 N–H and O–H groups in total. The molecule has 6 nitrogen and oxygen atoms in total. The Balaban J connectivity index is 2.27. The molecular formula is C9H16N4O2S. The van der Waals surface area contributed by atoms with Gasteiger partial charge < -0.3 is 5.11 Å². The van der Waals surface area contributed by atoms with Crippen LogP contribution < -0.4 is 0 Å². The first kappa shape index (κ1) is 13.0. The molecule has 0 saturated heterocycles. The topological polar surface area (TPSA) is 80.9 Å². The van der Waals surface area contributed by atoms with Gasteiger partial charge in [0.1, 0.15) is 0 Å². The number of carboxylic acids is 1. The molecule has 1 heterocycles. The molecule has 0 aromatic carbocycles. The quantitative estimate of drug-likeness (QED) is 0.598. The molecule has 0 saturated carbocycles. The molecule has 7 heteroatoms. The van der Waals surface area contributed by atoms with Crippen LogP contribution in [-0.2, 0) is 11.8 Å². The monoisotopic (exact) mass is 244 g/mol. The summed E-state index contributed by atoms with van der Waals surface area (Å²) in [5.74, 6) is 0.0723. The second-order valence-corrected chi connectivity index (χ2v) is 5.29. The molecule has 0 aliphatic carbocycles. The average Bonchev–Trinajstić information content (AvgIpc) is 2.59. The lowest BCUT2D eigenvalue weighted by Crippen LogP contribution is -2.23. The van der Waals surface area contributed by atoms with Crippen LogP contribution in [0.15, 0.2) is 5.16 Å². The molecule has 0 atom stereocenters. The minimum absolute atomic E-state index is 0.653. The van der Waals surface area contributed by atoms with E-state index in [1.807, 2.05) is 0 Å². The maximum absolute atomic E-state index is 10.9. The maximum Gasteiger partial charge on any atom is 0.309 e. The van der Waals surface area contributed by atoms with Crippen LogP contribution in [0.5, 0.6) is 0 Å². The highest BCUT2D eigenvalue weighted by atomic mass is 32.2. The summed E-state index contributed by atoms with van der Waals surface area (Å²) in [6.07, 6.45) is 1.48. The summed E-state index contributed by atoms with van der Waals surface area (Å²) in [7, 11) is 1.78. The third kappa shape index (κ3) is 3.48. The van der Waals surface area contributed by atoms with Crippen molar-refractivity contribution in [1.29, 1.82) is 0 Å². The third-order valence-corrected chi connectivity index (χ3v) is 3.43. The summed E-state index contributed by atoms with van der Waals surface area (Å²) in [6.45, 7) is 3.48. The first-order valence-electron chi connectivity index (χ1n) is 5.02. The Morgan fingerprint density at radius 3 is 2.75 bits per heavy atom. The first-order chi connectivity index (χ1) is 7.43. The van der Waals surface area contributed by atoms with Gasteiger partial charge in [0.25, 0.3) is 0 Å². The van der Waals surface area contributed by atoms with Gasteiger partial charge in [-0.1, -0.05) is 11.8 Å². The standard InChI is InChI=1S/C9H16N4O2S/c1-9(2,7(14)15)5-4-6-16-8-10-11-12-13(8)3/h4-6H2,1-3H3,(H,14,15). The predicted molar refractivity (Wildman–Crippen MR) is 60.2 cm³/mol. The molecule has 0 aliphatic rings. The molecule has 90 valence electrons. The van der Waals surface area contributed by atoms with E-state index in [9.17, 15) is 4.79 Å². The predicted octanol–water partition coefficient (Wildman–Crippen LogP) is 1.19. The van der Waals surface area contributed by atoms with Gasteiger partial charge in [0.15, 0.2) is 0 Å². The van der Waals surface area contributed by atoms with Crippen molar-refractivity contribution < 1.29 is 9.90 Å². The maximum atomic E-state index is 10.9. The average molecular weight is 244 g/mol. The zero-order chi connectivity index (χ0) is 12.2. The van der Waals surface area contributed by atoms with Gasteiger partial charge in [-0.3, -0.25) is 4.79 Å². The first-order valence-corrected chi connectivity index (χ1v) is 6.00. The highest BCUT2D eigenvalue weighted by Crippen LogP contribution is 2.24. The lowest BCUT2D eigenvalue weighted by atomic mass is 9.88. The van der Waals surface area contributed by atoms with Crippen LogP contribution in [0.2, 0.25) is 0 Å². The summed E-state index contributed by atoms with van der Waals surface area (Å²) in [5.41, 5.74) is -0.654. The summed E-state index contributed by atoms with van der Waals surface area (Å²) < 4.78 is 1.60. The van der Waals surface area contributed by atoms with E-state index in [1.165, 1.54) is 0 Å². The van der Waals surface area contributed by atoms with E-state index in [2.05, 4.69) is 15.5 Å². The number of aliphatic carboxylic acids is 1. The van der Waals surface area contributed by atoms with Crippen molar-refractivity contribution in [3.8, 4) is 0 Å². The molecule has 0 unspecified atom stereocenters. The number of carboxylic acid groups (broad SMARTS) is 1. The molecule has 0 spiro atoms. The van der Waals surface area contributed by atoms with Crippen LogP contribution in [0.25, 0.3) is 0 Å². The Bertz CT molecular complexity index is 364. The zero-order valence-electron chi connectivity index (χ0n) is 9.67. The lowest BCUT2D eigenvalue weighted by molar-refractivity contribution is -0.147. The van der Waals surface area contributed by atoms with E-state index >= 15 is 0 Å². The van der Waals surface area contributed by atoms with Crippen LogP contribution in [0.4, 0.5) is 0 Å². The number of thioether (sulfide) groups is 1. The summed E-state index contributed by atoms with van der Waals surface area (Å²) in [4.78, 5) is 10.9. The van der Waals surface area contributed by atoms with E-state index in [4.69, 9.17) is 5.11 Å². The number of aryl methyl sites for hydroxylation is 1. The number of rotatable bonds is 6. The van der Waals surface area contributed by atoms with Crippen molar-refractivity contribution in [2.45, 2.75) is 31.8 Å². The Morgan fingerprint density at radius 2 is 2.25 bits per heavy atom. The fourth-order valence-electron chi connectivity index (χ4n) is 1.13. The summed E-state index contributed by atoms with van der Waals surface area (Å²) >= 11 is 1.54. The van der Waals surface area contributed by atoms with Gasteiger partial charge in [-0.15, -0.1) is 5.10 Å². The Hall–Kier alpha value is -1.11. The van der Waals surface area contributed by atoms with Gasteiger partial charge in [0, 0.05) is 12.8 Å². The van der Waals surface area contributed by atoms with Crippen molar-refractivity contribution in [1.82, 2.24) is 20.2 Å². The van der Waals surface area contributed by atoms with E-state index < -0.39 is 11.4 Å². The summed E-state index contributed by atoms with van der Waals surface area (Å²) in [5, 5.41) is 20.8. The highest BCUT2D eigenvalue weighted by Gasteiger charge is 2.26. The molecule has 1 rings (SSSR count). The van der Waals surface area contributed by atoms with Gasteiger partial charge in [0.05, 0.1) is 5.41 Å². The Kier molecular flexibility index (Phi) is 4.28. The lowest BCUT2D eigenvalue weighted by Gasteiger charge is -2.18. The fraction of sp³-hybridized carbons (Fsp3) is 0.778. The number of aromatic nitrogens is 4. The second kappa shape index (κ2) is 5.29. The molecule has 1 aromatic heterocycles. The van der Waals surface area contributed by atoms with Crippen molar-refractivity contribution in [3.63, 3.8) is 0 Å². The second-order valence-electron chi connectivity index (χ2n) is 4.23.